The smallest absolute Gasteiger partial charge is 0.121 e. The van der Waals surface area contributed by atoms with Crippen molar-refractivity contribution in [3.8, 4) is 5.75 Å². The lowest BCUT2D eigenvalue weighted by molar-refractivity contribution is 0.415. The van der Waals surface area contributed by atoms with Crippen molar-refractivity contribution in [1.29, 1.82) is 0 Å². The largest absolute Gasteiger partial charge is 0.497 e. The molecule has 5 heteroatoms. The summed E-state index contributed by atoms with van der Waals surface area (Å²) in [6.07, 6.45) is 0. The molecule has 0 saturated carbocycles. The Hall–Kier alpha value is -1.58. The van der Waals surface area contributed by atoms with Crippen molar-refractivity contribution < 1.29 is 4.74 Å². The van der Waals surface area contributed by atoms with Crippen LogP contribution in [0.25, 0.3) is 0 Å². The normalized spacial score (nSPS) is 10.3. The van der Waals surface area contributed by atoms with Crippen molar-refractivity contribution in [3.05, 3.63) is 45.9 Å². The van der Waals surface area contributed by atoms with E-state index in [4.69, 9.17) is 33.7 Å². The minimum atomic E-state index is 0.587. The van der Waals surface area contributed by atoms with E-state index in [1.165, 1.54) is 0 Å². The van der Waals surface area contributed by atoms with Gasteiger partial charge in [0.15, 0.2) is 0 Å². The van der Waals surface area contributed by atoms with Crippen molar-refractivity contribution in [3.63, 3.8) is 0 Å². The van der Waals surface area contributed by atoms with Crippen LogP contribution in [-0.4, -0.2) is 7.11 Å². The van der Waals surface area contributed by atoms with Gasteiger partial charge in [0.25, 0.3) is 0 Å². The number of nitrogens with two attached hydrogens (primary N) is 1. The number of methoxy groups -OCH3 is 1. The summed E-state index contributed by atoms with van der Waals surface area (Å²) in [5.74, 6) is 0.714. The van der Waals surface area contributed by atoms with E-state index >= 15 is 0 Å². The number of hydrogen-bond donors (Lipinski definition) is 2. The Labute approximate surface area is 122 Å². The molecule has 19 heavy (non-hydrogen) atoms. The second-order valence-corrected chi connectivity index (χ2v) is 4.97. The molecule has 0 amide bonds. The minimum absolute atomic E-state index is 0.587. The maximum absolute atomic E-state index is 6.18. The molecule has 0 aromatic heterocycles. The van der Waals surface area contributed by atoms with Gasteiger partial charge >= 0.3 is 0 Å². The predicted octanol–water partition coefficient (Wildman–Crippen LogP) is 4.64. The highest BCUT2D eigenvalue weighted by molar-refractivity contribution is 6.35. The summed E-state index contributed by atoms with van der Waals surface area (Å²) in [5, 5.41) is 4.40. The Morgan fingerprint density at radius 1 is 1.05 bits per heavy atom. The molecule has 0 bridgehead atoms. The molecule has 0 aliphatic heterocycles. The number of anilines is 3. The zero-order valence-corrected chi connectivity index (χ0v) is 12.1. The number of ether oxygens (including phenoxy) is 1. The third kappa shape index (κ3) is 3.06. The van der Waals surface area contributed by atoms with Crippen LogP contribution in [0.3, 0.4) is 0 Å². The zero-order valence-electron chi connectivity index (χ0n) is 10.6. The van der Waals surface area contributed by atoms with E-state index in [0.717, 1.165) is 11.3 Å². The van der Waals surface area contributed by atoms with Crippen LogP contribution in [0.2, 0.25) is 10.0 Å². The van der Waals surface area contributed by atoms with Crippen molar-refractivity contribution in [2.45, 2.75) is 6.92 Å². The second kappa shape index (κ2) is 5.59. The lowest BCUT2D eigenvalue weighted by Crippen LogP contribution is -1.98. The van der Waals surface area contributed by atoms with E-state index in [1.54, 1.807) is 31.4 Å². The maximum atomic E-state index is 6.18. The molecule has 3 N–H and O–H groups in total. The zero-order chi connectivity index (χ0) is 14.0. The first kappa shape index (κ1) is 13.8. The van der Waals surface area contributed by atoms with Crippen LogP contribution in [-0.2, 0) is 0 Å². The molecule has 3 nitrogen and oxygen atoms in total. The van der Waals surface area contributed by atoms with Crippen LogP contribution in [0.15, 0.2) is 30.3 Å². The molecule has 0 unspecified atom stereocenters. The number of benzene rings is 2. The van der Waals surface area contributed by atoms with E-state index in [-0.39, 0.29) is 0 Å². The number of rotatable bonds is 3. The van der Waals surface area contributed by atoms with E-state index < -0.39 is 0 Å². The topological polar surface area (TPSA) is 47.3 Å². The minimum Gasteiger partial charge on any atom is -0.497 e. The highest BCUT2D eigenvalue weighted by Gasteiger charge is 2.07. The molecule has 0 saturated heterocycles. The van der Waals surface area contributed by atoms with Crippen molar-refractivity contribution in [2.24, 2.45) is 0 Å². The Morgan fingerprint density at radius 3 is 2.47 bits per heavy atom. The number of nitrogen functional groups attached to an aromatic ring is 1. The highest BCUT2D eigenvalue weighted by Crippen LogP contribution is 2.34. The van der Waals surface area contributed by atoms with Crippen molar-refractivity contribution in [2.75, 3.05) is 18.2 Å². The number of hydrogen-bond acceptors (Lipinski definition) is 3. The van der Waals surface area contributed by atoms with Crippen LogP contribution in [0, 0.1) is 6.92 Å². The summed E-state index contributed by atoms with van der Waals surface area (Å²) in [5.41, 5.74) is 8.88. The molecule has 0 aliphatic rings. The van der Waals surface area contributed by atoms with Crippen LogP contribution in [0.4, 0.5) is 17.1 Å². The molecule has 0 radical (unpaired) electrons. The van der Waals surface area contributed by atoms with Gasteiger partial charge in [-0.1, -0.05) is 23.2 Å². The molecular formula is C14H14Cl2N2O. The lowest BCUT2D eigenvalue weighted by Gasteiger charge is -2.13. The fourth-order valence-corrected chi connectivity index (χ4v) is 2.09. The van der Waals surface area contributed by atoms with Crippen molar-refractivity contribution in [1.82, 2.24) is 0 Å². The standard InChI is InChI=1S/C14H14Cl2N2O/c1-8-5-11(16)13(7-10(8)15)18-14-6-9(19-2)3-4-12(14)17/h3-7,18H,17H2,1-2H3. The van der Waals surface area contributed by atoms with Gasteiger partial charge in [-0.05, 0) is 36.8 Å². The van der Waals surface area contributed by atoms with Gasteiger partial charge in [-0.15, -0.1) is 0 Å². The quantitative estimate of drug-likeness (QED) is 0.812. The van der Waals surface area contributed by atoms with Gasteiger partial charge in [-0.25, -0.2) is 0 Å². The molecule has 100 valence electrons. The van der Waals surface area contributed by atoms with Gasteiger partial charge in [-0.3, -0.25) is 0 Å². The molecule has 0 spiro atoms. The van der Waals surface area contributed by atoms with Crippen LogP contribution >= 0.6 is 23.2 Å². The molecule has 2 aromatic rings. The molecular weight excluding hydrogens is 283 g/mol. The lowest BCUT2D eigenvalue weighted by atomic mass is 10.2. The third-order valence-electron chi connectivity index (χ3n) is 2.78. The predicted molar refractivity (Wildman–Crippen MR) is 81.9 cm³/mol. The van der Waals surface area contributed by atoms with Gasteiger partial charge in [0, 0.05) is 11.1 Å². The average molecular weight is 297 g/mol. The van der Waals surface area contributed by atoms with Gasteiger partial charge in [0.1, 0.15) is 5.75 Å². The van der Waals surface area contributed by atoms with E-state index in [9.17, 15) is 0 Å². The fraction of sp³-hybridized carbons (Fsp3) is 0.143. The highest BCUT2D eigenvalue weighted by atomic mass is 35.5. The Kier molecular flexibility index (Phi) is 4.08. The SMILES string of the molecule is COc1ccc(N)c(Nc2cc(Cl)c(C)cc2Cl)c1. The summed E-state index contributed by atoms with van der Waals surface area (Å²) in [4.78, 5) is 0. The summed E-state index contributed by atoms with van der Waals surface area (Å²) in [7, 11) is 1.60. The van der Waals surface area contributed by atoms with Crippen LogP contribution in [0.5, 0.6) is 5.75 Å². The maximum Gasteiger partial charge on any atom is 0.121 e. The Bertz CT molecular complexity index is 615. The Balaban J connectivity index is 2.38. The number of halogens is 2. The molecule has 0 heterocycles. The van der Waals surface area contributed by atoms with Gasteiger partial charge in [0.2, 0.25) is 0 Å². The second-order valence-electron chi connectivity index (χ2n) is 4.16. The van der Waals surface area contributed by atoms with Gasteiger partial charge < -0.3 is 15.8 Å². The third-order valence-corrected chi connectivity index (χ3v) is 3.50. The first-order chi connectivity index (χ1) is 9.01. The molecule has 2 aromatic carbocycles. The summed E-state index contributed by atoms with van der Waals surface area (Å²) < 4.78 is 5.17. The summed E-state index contributed by atoms with van der Waals surface area (Å²) in [6, 6.07) is 8.95. The van der Waals surface area contributed by atoms with Crippen molar-refractivity contribution >= 4 is 40.3 Å². The van der Waals surface area contributed by atoms with E-state index in [1.807, 2.05) is 13.0 Å². The van der Waals surface area contributed by atoms with Gasteiger partial charge in [-0.2, -0.15) is 0 Å². The van der Waals surface area contributed by atoms with Gasteiger partial charge in [0.05, 0.1) is 29.2 Å². The van der Waals surface area contributed by atoms with E-state index in [2.05, 4.69) is 5.32 Å². The summed E-state index contributed by atoms with van der Waals surface area (Å²) >= 11 is 12.3. The molecule has 2 rings (SSSR count). The van der Waals surface area contributed by atoms with Crippen LogP contribution < -0.4 is 15.8 Å². The fourth-order valence-electron chi connectivity index (χ4n) is 1.66. The monoisotopic (exact) mass is 296 g/mol. The average Bonchev–Trinajstić information content (AvgIpc) is 2.38. The molecule has 0 fully saturated rings. The van der Waals surface area contributed by atoms with E-state index in [0.29, 0.717) is 27.2 Å². The van der Waals surface area contributed by atoms with Crippen LogP contribution in [0.1, 0.15) is 5.56 Å². The first-order valence-corrected chi connectivity index (χ1v) is 6.43. The molecule has 0 aliphatic carbocycles. The number of nitrogens with one attached hydrogen (secondary N) is 1. The Morgan fingerprint density at radius 2 is 1.79 bits per heavy atom. The summed E-state index contributed by atoms with van der Waals surface area (Å²) in [6.45, 7) is 1.90. The molecule has 0 atom stereocenters. The first-order valence-electron chi connectivity index (χ1n) is 5.67. The number of aryl methyl sites for hydroxylation is 1.